The van der Waals surface area contributed by atoms with Gasteiger partial charge in [-0.3, -0.25) is 4.79 Å². The van der Waals surface area contributed by atoms with Crippen molar-refractivity contribution in [2.75, 3.05) is 26.8 Å². The number of amides is 1. The number of likely N-dealkylation sites (tertiary alicyclic amines) is 1. The average Bonchev–Trinajstić information content (AvgIpc) is 2.10. The number of methoxy groups -OCH3 is 1. The summed E-state index contributed by atoms with van der Waals surface area (Å²) in [6.07, 6.45) is -0.133. The van der Waals surface area contributed by atoms with Gasteiger partial charge in [-0.15, -0.1) is 0 Å². The molecule has 1 rings (SSSR count). The van der Waals surface area contributed by atoms with Crippen LogP contribution in [0.4, 0.5) is 4.39 Å². The molecule has 1 saturated heterocycles. The van der Waals surface area contributed by atoms with Gasteiger partial charge in [-0.25, -0.2) is 4.39 Å². The van der Waals surface area contributed by atoms with Gasteiger partial charge in [0.1, 0.15) is 12.8 Å². The number of halogens is 1. The summed E-state index contributed by atoms with van der Waals surface area (Å²) in [5.41, 5.74) is 0. The summed E-state index contributed by atoms with van der Waals surface area (Å²) >= 11 is 0. The molecule has 1 fully saturated rings. The molecule has 3 nitrogen and oxygen atoms in total. The Bertz CT molecular complexity index is 186. The molecule has 0 N–H and O–H groups in total. The van der Waals surface area contributed by atoms with Crippen LogP contribution in [0.5, 0.6) is 0 Å². The van der Waals surface area contributed by atoms with Crippen LogP contribution >= 0.6 is 0 Å². The minimum Gasteiger partial charge on any atom is -0.375 e. The Morgan fingerprint density at radius 1 is 1.69 bits per heavy atom. The van der Waals surface area contributed by atoms with Crippen molar-refractivity contribution in [2.45, 2.75) is 19.5 Å². The first-order chi connectivity index (χ1) is 6.15. The number of carbonyl (C=O) groups is 1. The largest absolute Gasteiger partial charge is 0.375 e. The monoisotopic (exact) mass is 189 g/mol. The highest BCUT2D eigenvalue weighted by Gasteiger charge is 2.28. The predicted molar refractivity (Wildman–Crippen MR) is 47.1 cm³/mol. The van der Waals surface area contributed by atoms with Crippen molar-refractivity contribution in [1.82, 2.24) is 4.90 Å². The van der Waals surface area contributed by atoms with Gasteiger partial charge in [0.05, 0.1) is 6.54 Å². The van der Waals surface area contributed by atoms with E-state index >= 15 is 0 Å². The van der Waals surface area contributed by atoms with Crippen LogP contribution in [-0.4, -0.2) is 43.8 Å². The van der Waals surface area contributed by atoms with E-state index in [4.69, 9.17) is 4.74 Å². The Kier molecular flexibility index (Phi) is 3.66. The summed E-state index contributed by atoms with van der Waals surface area (Å²) in [4.78, 5) is 12.8. The highest BCUT2D eigenvalue weighted by molar-refractivity contribution is 5.77. The van der Waals surface area contributed by atoms with E-state index in [9.17, 15) is 9.18 Å². The number of carbonyl (C=O) groups excluding carboxylic acids is 1. The minimum atomic E-state index is -0.880. The van der Waals surface area contributed by atoms with Gasteiger partial charge >= 0.3 is 0 Å². The van der Waals surface area contributed by atoms with Crippen molar-refractivity contribution in [1.29, 1.82) is 0 Å². The first kappa shape index (κ1) is 10.4. The lowest BCUT2D eigenvalue weighted by atomic mass is 9.97. The van der Waals surface area contributed by atoms with Gasteiger partial charge in [0.25, 0.3) is 0 Å². The quantitative estimate of drug-likeness (QED) is 0.644. The van der Waals surface area contributed by atoms with Crippen molar-refractivity contribution >= 4 is 5.91 Å². The highest BCUT2D eigenvalue weighted by Crippen LogP contribution is 2.19. The molecule has 76 valence electrons. The van der Waals surface area contributed by atoms with Crippen LogP contribution in [0.2, 0.25) is 0 Å². The van der Waals surface area contributed by atoms with E-state index in [1.165, 1.54) is 12.0 Å². The van der Waals surface area contributed by atoms with Crippen molar-refractivity contribution in [3.05, 3.63) is 0 Å². The number of rotatable bonds is 2. The molecule has 0 aromatic heterocycles. The van der Waals surface area contributed by atoms with Gasteiger partial charge in [-0.1, -0.05) is 6.92 Å². The topological polar surface area (TPSA) is 29.5 Å². The third-order valence-corrected chi connectivity index (χ3v) is 2.49. The molecule has 1 amide bonds. The molecule has 1 aliphatic rings. The van der Waals surface area contributed by atoms with E-state index < -0.39 is 6.17 Å². The van der Waals surface area contributed by atoms with Crippen LogP contribution in [0, 0.1) is 5.92 Å². The summed E-state index contributed by atoms with van der Waals surface area (Å²) in [5, 5.41) is 0. The number of alkyl halides is 1. The second kappa shape index (κ2) is 4.56. The molecular weight excluding hydrogens is 173 g/mol. The number of piperidine rings is 1. The molecule has 0 aromatic rings. The Hall–Kier alpha value is -0.640. The lowest BCUT2D eigenvalue weighted by Gasteiger charge is -2.32. The highest BCUT2D eigenvalue weighted by atomic mass is 19.1. The lowest BCUT2D eigenvalue weighted by Crippen LogP contribution is -2.45. The first-order valence-electron chi connectivity index (χ1n) is 4.56. The predicted octanol–water partition coefficient (Wildman–Crippen LogP) is 0.839. The molecule has 0 bridgehead atoms. The Morgan fingerprint density at radius 3 is 2.92 bits per heavy atom. The zero-order chi connectivity index (χ0) is 9.84. The van der Waals surface area contributed by atoms with Gasteiger partial charge in [0.2, 0.25) is 5.91 Å². The maximum Gasteiger partial charge on any atom is 0.248 e. The SMILES string of the molecule is COCC(=O)N1CC[C@@H](C)[C@@H](F)C1. The Morgan fingerprint density at radius 2 is 2.38 bits per heavy atom. The molecule has 2 atom stereocenters. The normalized spacial score (nSPS) is 29.0. The number of ether oxygens (including phenoxy) is 1. The second-order valence-electron chi connectivity index (χ2n) is 3.55. The third kappa shape index (κ3) is 2.66. The van der Waals surface area contributed by atoms with Gasteiger partial charge < -0.3 is 9.64 Å². The summed E-state index contributed by atoms with van der Waals surface area (Å²) < 4.78 is 17.9. The fourth-order valence-electron chi connectivity index (χ4n) is 1.46. The molecule has 1 aliphatic heterocycles. The van der Waals surface area contributed by atoms with E-state index in [2.05, 4.69) is 0 Å². The van der Waals surface area contributed by atoms with E-state index in [-0.39, 0.29) is 25.0 Å². The van der Waals surface area contributed by atoms with Gasteiger partial charge in [-0.2, -0.15) is 0 Å². The lowest BCUT2D eigenvalue weighted by molar-refractivity contribution is -0.138. The number of hydrogen-bond acceptors (Lipinski definition) is 2. The first-order valence-corrected chi connectivity index (χ1v) is 4.56. The summed E-state index contributed by atoms with van der Waals surface area (Å²) in [6, 6.07) is 0. The molecule has 0 spiro atoms. The zero-order valence-electron chi connectivity index (χ0n) is 8.12. The average molecular weight is 189 g/mol. The van der Waals surface area contributed by atoms with E-state index in [1.807, 2.05) is 6.92 Å². The molecule has 1 heterocycles. The summed E-state index contributed by atoms with van der Waals surface area (Å²) in [6.45, 7) is 2.82. The van der Waals surface area contributed by atoms with Crippen LogP contribution in [0.3, 0.4) is 0 Å². The molecule has 0 saturated carbocycles. The van der Waals surface area contributed by atoms with E-state index in [1.54, 1.807) is 0 Å². The Labute approximate surface area is 77.9 Å². The van der Waals surface area contributed by atoms with Crippen molar-refractivity contribution in [3.63, 3.8) is 0 Å². The van der Waals surface area contributed by atoms with E-state index in [0.717, 1.165) is 6.42 Å². The summed E-state index contributed by atoms with van der Waals surface area (Å²) in [5.74, 6) is -0.0383. The smallest absolute Gasteiger partial charge is 0.248 e. The molecule has 0 aliphatic carbocycles. The van der Waals surface area contributed by atoms with Crippen LogP contribution in [0.15, 0.2) is 0 Å². The number of hydrogen-bond donors (Lipinski definition) is 0. The second-order valence-corrected chi connectivity index (χ2v) is 3.55. The van der Waals surface area contributed by atoms with Crippen molar-refractivity contribution < 1.29 is 13.9 Å². The van der Waals surface area contributed by atoms with E-state index in [0.29, 0.717) is 6.54 Å². The van der Waals surface area contributed by atoms with Crippen LogP contribution in [0.25, 0.3) is 0 Å². The molecule has 0 aromatic carbocycles. The van der Waals surface area contributed by atoms with Gasteiger partial charge in [0.15, 0.2) is 0 Å². The molecule has 13 heavy (non-hydrogen) atoms. The summed E-state index contributed by atoms with van der Waals surface area (Å²) in [7, 11) is 1.47. The molecule has 4 heteroatoms. The third-order valence-electron chi connectivity index (χ3n) is 2.49. The fourth-order valence-corrected chi connectivity index (χ4v) is 1.46. The van der Waals surface area contributed by atoms with Crippen LogP contribution < -0.4 is 0 Å². The molecule has 0 radical (unpaired) electrons. The molecule has 0 unspecified atom stereocenters. The number of nitrogens with zero attached hydrogens (tertiary/aromatic N) is 1. The maximum atomic E-state index is 13.2. The fraction of sp³-hybridized carbons (Fsp3) is 0.889. The van der Waals surface area contributed by atoms with Crippen molar-refractivity contribution in [2.24, 2.45) is 5.92 Å². The van der Waals surface area contributed by atoms with Gasteiger partial charge in [0, 0.05) is 13.7 Å². The molecular formula is C9H16FNO2. The standard InChI is InChI=1S/C9H16FNO2/c1-7-3-4-11(5-8(7)10)9(12)6-13-2/h7-8H,3-6H2,1-2H3/t7-,8+/m1/s1. The zero-order valence-corrected chi connectivity index (χ0v) is 8.12. The van der Waals surface area contributed by atoms with Crippen LogP contribution in [-0.2, 0) is 9.53 Å². The maximum absolute atomic E-state index is 13.2. The van der Waals surface area contributed by atoms with Crippen molar-refractivity contribution in [3.8, 4) is 0 Å². The Balaban J connectivity index is 2.40. The minimum absolute atomic E-state index is 0.0566. The van der Waals surface area contributed by atoms with Gasteiger partial charge in [-0.05, 0) is 12.3 Å². The van der Waals surface area contributed by atoms with Crippen LogP contribution in [0.1, 0.15) is 13.3 Å².